The summed E-state index contributed by atoms with van der Waals surface area (Å²) in [5.41, 5.74) is 1.13. The summed E-state index contributed by atoms with van der Waals surface area (Å²) in [6, 6.07) is 1.77. The van der Waals surface area contributed by atoms with Crippen LogP contribution in [0.5, 0.6) is 0 Å². The quantitative estimate of drug-likeness (QED) is 0.826. The lowest BCUT2D eigenvalue weighted by atomic mass is 10.0. The van der Waals surface area contributed by atoms with Crippen LogP contribution in [0.4, 0.5) is 10.1 Å². The van der Waals surface area contributed by atoms with Crippen LogP contribution in [-0.2, 0) is 6.42 Å². The minimum absolute atomic E-state index is 0. The van der Waals surface area contributed by atoms with Gasteiger partial charge in [0, 0.05) is 48.4 Å². The second kappa shape index (κ2) is 7.04. The number of aromatic nitrogens is 1. The van der Waals surface area contributed by atoms with Crippen LogP contribution in [0.25, 0.3) is 10.9 Å². The molecular formula is C20H25ClFN3O3. The first kappa shape index (κ1) is 20.6. The Balaban J connectivity index is 0.00000225. The molecule has 0 amide bonds. The number of rotatable bonds is 2. The van der Waals surface area contributed by atoms with E-state index in [-0.39, 0.29) is 41.5 Å². The largest absolute Gasteiger partial charge is 0.477 e. The molecule has 28 heavy (non-hydrogen) atoms. The third kappa shape index (κ3) is 2.88. The number of aromatic carboxylic acids is 1. The Bertz CT molecular complexity index is 1010. The summed E-state index contributed by atoms with van der Waals surface area (Å²) >= 11 is 0. The lowest BCUT2D eigenvalue weighted by molar-refractivity contribution is 0.0694. The summed E-state index contributed by atoms with van der Waals surface area (Å²) in [6.07, 6.45) is 1.99. The van der Waals surface area contributed by atoms with Crippen LogP contribution >= 0.6 is 12.4 Å². The SMILES string of the molecule is CC1CN(c2c(F)cc3c(=O)c(C(=O)O)cn4c3c2CC4C)CC(C)N1C.Cl. The zero-order chi connectivity index (χ0) is 19.6. The average Bonchev–Trinajstić information content (AvgIpc) is 2.91. The first-order chi connectivity index (χ1) is 12.7. The monoisotopic (exact) mass is 409 g/mol. The van der Waals surface area contributed by atoms with Crippen molar-refractivity contribution in [2.75, 3.05) is 25.0 Å². The van der Waals surface area contributed by atoms with Gasteiger partial charge in [0.1, 0.15) is 11.4 Å². The highest BCUT2D eigenvalue weighted by Crippen LogP contribution is 2.40. The van der Waals surface area contributed by atoms with Crippen molar-refractivity contribution in [2.45, 2.75) is 45.3 Å². The molecule has 1 fully saturated rings. The molecule has 1 aromatic heterocycles. The van der Waals surface area contributed by atoms with Crippen LogP contribution < -0.4 is 10.3 Å². The first-order valence-corrected chi connectivity index (χ1v) is 9.31. The van der Waals surface area contributed by atoms with E-state index in [4.69, 9.17) is 0 Å². The number of anilines is 1. The fourth-order valence-electron chi connectivity index (χ4n) is 4.57. The molecule has 3 unspecified atom stereocenters. The Hall–Kier alpha value is -2.12. The fourth-order valence-corrected chi connectivity index (χ4v) is 4.57. The molecule has 3 heterocycles. The van der Waals surface area contributed by atoms with Gasteiger partial charge in [-0.2, -0.15) is 0 Å². The summed E-state index contributed by atoms with van der Waals surface area (Å²) in [6.45, 7) is 7.63. The molecular weight excluding hydrogens is 385 g/mol. The van der Waals surface area contributed by atoms with Crippen molar-refractivity contribution in [3.05, 3.63) is 39.4 Å². The average molecular weight is 410 g/mol. The van der Waals surface area contributed by atoms with Crippen LogP contribution in [0.15, 0.2) is 17.1 Å². The number of carboxylic acid groups (broad SMARTS) is 1. The van der Waals surface area contributed by atoms with Gasteiger partial charge in [0.15, 0.2) is 0 Å². The molecule has 0 radical (unpaired) electrons. The number of likely N-dealkylation sites (N-methyl/N-ethyl adjacent to an activating group) is 1. The van der Waals surface area contributed by atoms with E-state index < -0.39 is 17.2 Å². The summed E-state index contributed by atoms with van der Waals surface area (Å²) in [5, 5.41) is 9.50. The second-order valence-electron chi connectivity index (χ2n) is 7.99. The molecule has 4 rings (SSSR count). The molecule has 2 aromatic rings. The summed E-state index contributed by atoms with van der Waals surface area (Å²) < 4.78 is 17.0. The Morgan fingerprint density at radius 3 is 2.36 bits per heavy atom. The normalized spacial score (nSPS) is 24.5. The van der Waals surface area contributed by atoms with Crippen LogP contribution in [0.3, 0.4) is 0 Å². The van der Waals surface area contributed by atoms with Gasteiger partial charge in [0.25, 0.3) is 0 Å². The zero-order valence-electron chi connectivity index (χ0n) is 16.4. The zero-order valence-corrected chi connectivity index (χ0v) is 17.2. The highest BCUT2D eigenvalue weighted by molar-refractivity contribution is 5.96. The van der Waals surface area contributed by atoms with Crippen molar-refractivity contribution in [1.29, 1.82) is 0 Å². The van der Waals surface area contributed by atoms with Crippen molar-refractivity contribution < 1.29 is 14.3 Å². The topological polar surface area (TPSA) is 65.8 Å². The van der Waals surface area contributed by atoms with Gasteiger partial charge in [0.05, 0.1) is 11.2 Å². The standard InChI is InChI=1S/C20H24FN3O3.ClH/c1-10-5-13-17-14(19(25)15(20(26)27)9-24(10)17)6-16(21)18(13)23-7-11(2)22(4)12(3)8-23;/h6,9-12H,5,7-8H2,1-4H3,(H,26,27);1H. The second-order valence-corrected chi connectivity index (χ2v) is 7.99. The maximum atomic E-state index is 15.2. The van der Waals surface area contributed by atoms with Crippen LogP contribution in [0, 0.1) is 5.82 Å². The highest BCUT2D eigenvalue weighted by Gasteiger charge is 2.34. The Morgan fingerprint density at radius 2 is 1.79 bits per heavy atom. The number of benzene rings is 1. The van der Waals surface area contributed by atoms with Crippen molar-refractivity contribution in [3.8, 4) is 0 Å². The number of carboxylic acids is 1. The summed E-state index contributed by atoms with van der Waals surface area (Å²) in [5.74, 6) is -1.72. The van der Waals surface area contributed by atoms with Crippen molar-refractivity contribution >= 4 is 35.0 Å². The first-order valence-electron chi connectivity index (χ1n) is 9.31. The minimum Gasteiger partial charge on any atom is -0.477 e. The molecule has 8 heteroatoms. The van der Waals surface area contributed by atoms with Crippen LogP contribution in [-0.4, -0.2) is 52.8 Å². The summed E-state index contributed by atoms with van der Waals surface area (Å²) in [4.78, 5) is 28.4. The maximum absolute atomic E-state index is 15.2. The van der Waals surface area contributed by atoms with E-state index in [1.54, 1.807) is 0 Å². The third-order valence-corrected chi connectivity index (χ3v) is 6.22. The van der Waals surface area contributed by atoms with Gasteiger partial charge in [0.2, 0.25) is 5.43 Å². The minimum atomic E-state index is -1.28. The lowest BCUT2D eigenvalue weighted by Crippen LogP contribution is -2.55. The number of hydrogen-bond donors (Lipinski definition) is 1. The van der Waals surface area contributed by atoms with Crippen molar-refractivity contribution in [1.82, 2.24) is 9.47 Å². The van der Waals surface area contributed by atoms with Gasteiger partial charge in [-0.15, -0.1) is 12.4 Å². The Kier molecular flexibility index (Phi) is 5.18. The van der Waals surface area contributed by atoms with E-state index in [1.165, 1.54) is 12.3 Å². The molecule has 152 valence electrons. The fraction of sp³-hybridized carbons (Fsp3) is 0.500. The number of nitrogens with zero attached hydrogens (tertiary/aromatic N) is 3. The molecule has 1 aromatic carbocycles. The van der Waals surface area contributed by atoms with Gasteiger partial charge in [-0.1, -0.05) is 0 Å². The van der Waals surface area contributed by atoms with E-state index >= 15 is 4.39 Å². The van der Waals surface area contributed by atoms with Gasteiger partial charge < -0.3 is 14.6 Å². The number of pyridine rings is 1. The summed E-state index contributed by atoms with van der Waals surface area (Å²) in [7, 11) is 2.08. The van der Waals surface area contributed by atoms with Gasteiger partial charge in [-0.25, -0.2) is 9.18 Å². The molecule has 6 nitrogen and oxygen atoms in total. The molecule has 2 aliphatic rings. The highest BCUT2D eigenvalue weighted by atomic mass is 35.5. The Morgan fingerprint density at radius 1 is 1.18 bits per heavy atom. The molecule has 0 aliphatic carbocycles. The Labute approximate surface area is 169 Å². The van der Waals surface area contributed by atoms with Gasteiger partial charge in [-0.3, -0.25) is 9.69 Å². The smallest absolute Gasteiger partial charge is 0.341 e. The van der Waals surface area contributed by atoms with Gasteiger partial charge in [-0.05, 0) is 40.3 Å². The molecule has 1 saturated heterocycles. The van der Waals surface area contributed by atoms with Crippen LogP contribution in [0.1, 0.15) is 42.7 Å². The van der Waals surface area contributed by atoms with Crippen LogP contribution in [0.2, 0.25) is 0 Å². The predicted octanol–water partition coefficient (Wildman–Crippen LogP) is 2.91. The number of hydrogen-bond acceptors (Lipinski definition) is 4. The molecule has 0 spiro atoms. The van der Waals surface area contributed by atoms with Crippen molar-refractivity contribution in [3.63, 3.8) is 0 Å². The van der Waals surface area contributed by atoms with E-state index in [0.29, 0.717) is 30.7 Å². The van der Waals surface area contributed by atoms with E-state index in [1.807, 2.05) is 11.5 Å². The maximum Gasteiger partial charge on any atom is 0.341 e. The molecule has 1 N–H and O–H groups in total. The number of piperazine rings is 1. The van der Waals surface area contributed by atoms with Gasteiger partial charge >= 0.3 is 5.97 Å². The van der Waals surface area contributed by atoms with E-state index in [9.17, 15) is 14.7 Å². The molecule has 3 atom stereocenters. The molecule has 0 bridgehead atoms. The lowest BCUT2D eigenvalue weighted by Gasteiger charge is -2.44. The number of carbonyl (C=O) groups is 1. The van der Waals surface area contributed by atoms with E-state index in [0.717, 1.165) is 5.56 Å². The molecule has 2 aliphatic heterocycles. The molecule has 0 saturated carbocycles. The van der Waals surface area contributed by atoms with E-state index in [2.05, 4.69) is 30.7 Å². The third-order valence-electron chi connectivity index (χ3n) is 6.22. The number of halogens is 2. The predicted molar refractivity (Wildman–Crippen MR) is 110 cm³/mol. The van der Waals surface area contributed by atoms with Crippen molar-refractivity contribution in [2.24, 2.45) is 0 Å².